The molecule has 1 aliphatic carbocycles. The molecule has 126 valence electrons. The molecule has 0 aromatic carbocycles. The molecule has 3 fully saturated rings. The van der Waals surface area contributed by atoms with Gasteiger partial charge in [0.2, 0.25) is 0 Å². The van der Waals surface area contributed by atoms with Crippen LogP contribution in [0.25, 0.3) is 0 Å². The lowest BCUT2D eigenvalue weighted by Gasteiger charge is -2.41. The van der Waals surface area contributed by atoms with E-state index >= 15 is 0 Å². The van der Waals surface area contributed by atoms with Crippen LogP contribution in [0.3, 0.4) is 0 Å². The molecule has 1 saturated carbocycles. The predicted octanol–water partition coefficient (Wildman–Crippen LogP) is 1.71. The number of carbonyl (C=O) groups excluding carboxylic acids is 1. The molecule has 0 spiro atoms. The number of piperidine rings is 2. The van der Waals surface area contributed by atoms with Crippen LogP contribution in [0.15, 0.2) is 0 Å². The van der Waals surface area contributed by atoms with E-state index in [1.807, 2.05) is 4.90 Å². The van der Waals surface area contributed by atoms with Crippen molar-refractivity contribution in [2.24, 2.45) is 0 Å². The average molecular weight is 310 g/mol. The maximum Gasteiger partial charge on any atom is 0.254 e. The summed E-state index contributed by atoms with van der Waals surface area (Å²) in [5.74, 6) is 0.191. The van der Waals surface area contributed by atoms with Crippen LogP contribution in [0.2, 0.25) is 0 Å². The Morgan fingerprint density at radius 1 is 1.05 bits per heavy atom. The molecule has 0 atom stereocenters. The number of nitrogens with zero attached hydrogens (tertiary/aromatic N) is 1. The number of amides is 1. The molecule has 0 radical (unpaired) electrons. The first-order valence-corrected chi connectivity index (χ1v) is 8.94. The Labute approximate surface area is 133 Å². The van der Waals surface area contributed by atoms with Gasteiger partial charge in [-0.3, -0.25) is 4.79 Å². The van der Waals surface area contributed by atoms with Crippen LogP contribution < -0.4 is 5.32 Å². The second kappa shape index (κ2) is 7.28. The fourth-order valence-electron chi connectivity index (χ4n) is 4.12. The molecule has 2 aliphatic heterocycles. The van der Waals surface area contributed by atoms with Gasteiger partial charge < -0.3 is 19.7 Å². The summed E-state index contributed by atoms with van der Waals surface area (Å²) in [6.45, 7) is 3.35. The molecule has 2 heterocycles. The number of ether oxygens (including phenoxy) is 2. The van der Waals surface area contributed by atoms with E-state index in [0.29, 0.717) is 12.2 Å². The number of hydrogen-bond donors (Lipinski definition) is 1. The summed E-state index contributed by atoms with van der Waals surface area (Å²) < 4.78 is 11.9. The molecule has 2 saturated heterocycles. The molecule has 1 N–H and O–H groups in total. The normalized spacial score (nSPS) is 27.2. The predicted molar refractivity (Wildman–Crippen MR) is 84.8 cm³/mol. The van der Waals surface area contributed by atoms with Gasteiger partial charge in [-0.25, -0.2) is 0 Å². The Bertz CT molecular complexity index is 368. The minimum Gasteiger partial charge on any atom is -0.375 e. The first-order valence-electron chi connectivity index (χ1n) is 8.94. The molecule has 3 aliphatic rings. The Morgan fingerprint density at radius 3 is 2.23 bits per heavy atom. The van der Waals surface area contributed by atoms with E-state index in [1.165, 1.54) is 25.7 Å². The lowest BCUT2D eigenvalue weighted by atomic mass is 9.89. The highest BCUT2D eigenvalue weighted by Gasteiger charge is 2.43. The van der Waals surface area contributed by atoms with Crippen LogP contribution in [0.4, 0.5) is 0 Å². The first-order chi connectivity index (χ1) is 10.7. The van der Waals surface area contributed by atoms with Crippen molar-refractivity contribution in [1.82, 2.24) is 10.2 Å². The van der Waals surface area contributed by atoms with Crippen LogP contribution in [0.5, 0.6) is 0 Å². The van der Waals surface area contributed by atoms with Gasteiger partial charge in [-0.1, -0.05) is 12.8 Å². The monoisotopic (exact) mass is 310 g/mol. The van der Waals surface area contributed by atoms with E-state index in [-0.39, 0.29) is 5.91 Å². The van der Waals surface area contributed by atoms with Crippen molar-refractivity contribution in [1.29, 1.82) is 0 Å². The van der Waals surface area contributed by atoms with Crippen molar-refractivity contribution in [3.63, 3.8) is 0 Å². The lowest BCUT2D eigenvalue weighted by molar-refractivity contribution is -0.161. The molecule has 3 rings (SSSR count). The van der Waals surface area contributed by atoms with Gasteiger partial charge >= 0.3 is 0 Å². The van der Waals surface area contributed by atoms with Crippen molar-refractivity contribution >= 4 is 5.91 Å². The van der Waals surface area contributed by atoms with E-state index in [1.54, 1.807) is 7.11 Å². The van der Waals surface area contributed by atoms with Gasteiger partial charge in [-0.15, -0.1) is 0 Å². The number of nitrogens with one attached hydrogen (secondary N) is 1. The quantitative estimate of drug-likeness (QED) is 0.859. The third kappa shape index (κ3) is 3.47. The minimum absolute atomic E-state index is 0.191. The van der Waals surface area contributed by atoms with Gasteiger partial charge in [0.25, 0.3) is 5.91 Å². The zero-order chi connectivity index (χ0) is 15.4. The zero-order valence-electron chi connectivity index (χ0n) is 13.8. The number of likely N-dealkylation sites (tertiary alicyclic amines) is 1. The van der Waals surface area contributed by atoms with Crippen molar-refractivity contribution in [2.45, 2.75) is 69.2 Å². The van der Waals surface area contributed by atoms with Crippen LogP contribution in [-0.4, -0.2) is 61.9 Å². The summed E-state index contributed by atoms with van der Waals surface area (Å²) >= 11 is 0. The standard InChI is InChI=1S/C17H30N2O3/c1-21-17(8-10-18-11-9-17)16(20)19-12-6-15(7-13-19)22-14-4-2-3-5-14/h14-15,18H,2-13H2,1H3. The van der Waals surface area contributed by atoms with Gasteiger partial charge in [-0.05, 0) is 51.6 Å². The van der Waals surface area contributed by atoms with Gasteiger partial charge in [0.1, 0.15) is 5.60 Å². The van der Waals surface area contributed by atoms with Crippen LogP contribution in [-0.2, 0) is 14.3 Å². The molecule has 5 nitrogen and oxygen atoms in total. The largest absolute Gasteiger partial charge is 0.375 e. The number of rotatable bonds is 4. The summed E-state index contributed by atoms with van der Waals surface area (Å²) in [5.41, 5.74) is -0.593. The Kier molecular flexibility index (Phi) is 5.37. The third-order valence-corrected chi connectivity index (χ3v) is 5.61. The SMILES string of the molecule is COC1(C(=O)N2CCC(OC3CCCC3)CC2)CCNCC1. The summed E-state index contributed by atoms with van der Waals surface area (Å²) in [6.07, 6.45) is 9.39. The molecule has 0 unspecified atom stereocenters. The van der Waals surface area contributed by atoms with Gasteiger partial charge in [-0.2, -0.15) is 0 Å². The third-order valence-electron chi connectivity index (χ3n) is 5.61. The van der Waals surface area contributed by atoms with E-state index in [9.17, 15) is 4.79 Å². The van der Waals surface area contributed by atoms with E-state index < -0.39 is 5.60 Å². The highest BCUT2D eigenvalue weighted by Crippen LogP contribution is 2.29. The first kappa shape index (κ1) is 16.2. The fraction of sp³-hybridized carbons (Fsp3) is 0.941. The highest BCUT2D eigenvalue weighted by atomic mass is 16.5. The Morgan fingerprint density at radius 2 is 1.64 bits per heavy atom. The minimum atomic E-state index is -0.593. The summed E-state index contributed by atoms with van der Waals surface area (Å²) in [7, 11) is 1.68. The number of methoxy groups -OCH3 is 1. The maximum atomic E-state index is 12.9. The summed E-state index contributed by atoms with van der Waals surface area (Å²) in [4.78, 5) is 14.9. The molecule has 0 aromatic heterocycles. The van der Waals surface area contributed by atoms with Crippen LogP contribution in [0, 0.1) is 0 Å². The second-order valence-corrected chi connectivity index (χ2v) is 6.98. The van der Waals surface area contributed by atoms with Crippen molar-refractivity contribution in [2.75, 3.05) is 33.3 Å². The smallest absolute Gasteiger partial charge is 0.254 e. The second-order valence-electron chi connectivity index (χ2n) is 6.98. The average Bonchev–Trinajstić information content (AvgIpc) is 3.08. The van der Waals surface area contributed by atoms with Crippen molar-refractivity contribution in [3.05, 3.63) is 0 Å². The van der Waals surface area contributed by atoms with E-state index in [4.69, 9.17) is 9.47 Å². The molecule has 0 bridgehead atoms. The Hall–Kier alpha value is -0.650. The fourth-order valence-corrected chi connectivity index (χ4v) is 4.12. The summed E-state index contributed by atoms with van der Waals surface area (Å²) in [6, 6.07) is 0. The maximum absolute atomic E-state index is 12.9. The van der Waals surface area contributed by atoms with Gasteiger partial charge in [0, 0.05) is 20.2 Å². The van der Waals surface area contributed by atoms with Crippen molar-refractivity contribution in [3.8, 4) is 0 Å². The highest BCUT2D eigenvalue weighted by molar-refractivity contribution is 5.85. The molecular formula is C17H30N2O3. The number of carbonyl (C=O) groups is 1. The Balaban J connectivity index is 1.50. The van der Waals surface area contributed by atoms with E-state index in [0.717, 1.165) is 51.9 Å². The topological polar surface area (TPSA) is 50.8 Å². The molecule has 5 heteroatoms. The van der Waals surface area contributed by atoms with Gasteiger partial charge in [0.05, 0.1) is 12.2 Å². The van der Waals surface area contributed by atoms with Gasteiger partial charge in [0.15, 0.2) is 0 Å². The van der Waals surface area contributed by atoms with Crippen LogP contribution >= 0.6 is 0 Å². The number of hydrogen-bond acceptors (Lipinski definition) is 4. The molecular weight excluding hydrogens is 280 g/mol. The summed E-state index contributed by atoms with van der Waals surface area (Å²) in [5, 5.41) is 3.31. The van der Waals surface area contributed by atoms with Crippen LogP contribution in [0.1, 0.15) is 51.4 Å². The van der Waals surface area contributed by atoms with Crippen molar-refractivity contribution < 1.29 is 14.3 Å². The lowest BCUT2D eigenvalue weighted by Crippen LogP contribution is -2.57. The molecule has 1 amide bonds. The van der Waals surface area contributed by atoms with E-state index in [2.05, 4.69) is 5.32 Å². The molecule has 22 heavy (non-hydrogen) atoms. The zero-order valence-corrected chi connectivity index (χ0v) is 13.8. The molecule has 0 aromatic rings.